The highest BCUT2D eigenvalue weighted by atomic mass is 16.1. The molecule has 156 valence electrons. The molecular formula is C22H26N6O2. The minimum absolute atomic E-state index is 0.000933. The molecule has 0 radical (unpaired) electrons. The average Bonchev–Trinajstić information content (AvgIpc) is 2.76. The lowest BCUT2D eigenvalue weighted by Gasteiger charge is -2.32. The fraction of sp³-hybridized carbons (Fsp3) is 0.409. The number of nitrogens with zero attached hydrogens (tertiary/aromatic N) is 6. The highest BCUT2D eigenvalue weighted by Crippen LogP contribution is 2.19. The van der Waals surface area contributed by atoms with E-state index >= 15 is 0 Å². The zero-order chi connectivity index (χ0) is 20.9. The van der Waals surface area contributed by atoms with E-state index in [-0.39, 0.29) is 11.1 Å². The van der Waals surface area contributed by atoms with Gasteiger partial charge < -0.3 is 4.90 Å². The summed E-state index contributed by atoms with van der Waals surface area (Å²) in [6, 6.07) is 6.88. The van der Waals surface area contributed by atoms with E-state index in [4.69, 9.17) is 0 Å². The van der Waals surface area contributed by atoms with Gasteiger partial charge in [0.05, 0.1) is 18.3 Å². The van der Waals surface area contributed by atoms with Crippen LogP contribution in [-0.2, 0) is 13.1 Å². The van der Waals surface area contributed by atoms with Gasteiger partial charge in [0.25, 0.3) is 11.1 Å². The molecule has 8 nitrogen and oxygen atoms in total. The van der Waals surface area contributed by atoms with Crippen molar-refractivity contribution in [2.24, 2.45) is 5.92 Å². The van der Waals surface area contributed by atoms with Gasteiger partial charge in [0.15, 0.2) is 0 Å². The SMILES string of the molecule is Cc1cc(=O)n(CCN2CCC(Cn3cnc(-c4cccnc4)cc3=O)CC2)cn1. The van der Waals surface area contributed by atoms with Crippen LogP contribution < -0.4 is 11.1 Å². The normalized spacial score (nSPS) is 15.4. The molecule has 0 amide bonds. The lowest BCUT2D eigenvalue weighted by molar-refractivity contribution is 0.167. The molecule has 3 aromatic heterocycles. The Labute approximate surface area is 174 Å². The van der Waals surface area contributed by atoms with Crippen LogP contribution in [0.1, 0.15) is 18.5 Å². The van der Waals surface area contributed by atoms with E-state index in [1.165, 1.54) is 0 Å². The van der Waals surface area contributed by atoms with E-state index in [2.05, 4.69) is 19.9 Å². The van der Waals surface area contributed by atoms with Gasteiger partial charge in [-0.05, 0) is 50.9 Å². The van der Waals surface area contributed by atoms with E-state index in [9.17, 15) is 9.59 Å². The van der Waals surface area contributed by atoms with Crippen molar-refractivity contribution in [1.29, 1.82) is 0 Å². The minimum Gasteiger partial charge on any atom is -0.302 e. The van der Waals surface area contributed by atoms with Gasteiger partial charge in [-0.15, -0.1) is 0 Å². The predicted molar refractivity (Wildman–Crippen MR) is 114 cm³/mol. The molecule has 8 heteroatoms. The molecule has 30 heavy (non-hydrogen) atoms. The number of aromatic nitrogens is 5. The topological polar surface area (TPSA) is 85.9 Å². The summed E-state index contributed by atoms with van der Waals surface area (Å²) in [6.45, 7) is 5.93. The summed E-state index contributed by atoms with van der Waals surface area (Å²) in [5.41, 5.74) is 2.21. The number of likely N-dealkylation sites (tertiary alicyclic amines) is 1. The van der Waals surface area contributed by atoms with E-state index in [1.807, 2.05) is 19.1 Å². The Morgan fingerprint density at radius 2 is 1.77 bits per heavy atom. The van der Waals surface area contributed by atoms with E-state index in [0.29, 0.717) is 24.7 Å². The summed E-state index contributed by atoms with van der Waals surface area (Å²) >= 11 is 0. The quantitative estimate of drug-likeness (QED) is 0.618. The van der Waals surface area contributed by atoms with Crippen molar-refractivity contribution in [3.8, 4) is 11.3 Å². The first-order valence-electron chi connectivity index (χ1n) is 10.3. The molecule has 0 unspecified atom stereocenters. The molecule has 0 bridgehead atoms. The molecule has 1 saturated heterocycles. The van der Waals surface area contributed by atoms with Crippen molar-refractivity contribution in [2.45, 2.75) is 32.9 Å². The maximum absolute atomic E-state index is 12.5. The fourth-order valence-corrected chi connectivity index (χ4v) is 3.84. The van der Waals surface area contributed by atoms with Crippen molar-refractivity contribution in [3.05, 3.63) is 75.7 Å². The molecule has 0 atom stereocenters. The van der Waals surface area contributed by atoms with E-state index in [1.54, 1.807) is 46.3 Å². The first-order valence-corrected chi connectivity index (χ1v) is 10.3. The van der Waals surface area contributed by atoms with Crippen molar-refractivity contribution >= 4 is 0 Å². The second-order valence-corrected chi connectivity index (χ2v) is 7.85. The first-order chi connectivity index (χ1) is 14.6. The summed E-state index contributed by atoms with van der Waals surface area (Å²) in [5, 5.41) is 0. The molecule has 0 aliphatic carbocycles. The van der Waals surface area contributed by atoms with Crippen molar-refractivity contribution in [3.63, 3.8) is 0 Å². The molecule has 3 aromatic rings. The number of piperidine rings is 1. The first kappa shape index (κ1) is 20.2. The summed E-state index contributed by atoms with van der Waals surface area (Å²) in [7, 11) is 0. The zero-order valence-electron chi connectivity index (χ0n) is 17.1. The Kier molecular flexibility index (Phi) is 6.13. The Morgan fingerprint density at radius 1 is 1.00 bits per heavy atom. The molecule has 1 aliphatic rings. The van der Waals surface area contributed by atoms with Crippen LogP contribution in [0.3, 0.4) is 0 Å². The summed E-state index contributed by atoms with van der Waals surface area (Å²) in [5.74, 6) is 0.453. The van der Waals surface area contributed by atoms with Crippen molar-refractivity contribution < 1.29 is 0 Å². The predicted octanol–water partition coefficient (Wildman–Crippen LogP) is 1.58. The molecule has 0 spiro atoms. The Morgan fingerprint density at radius 3 is 2.47 bits per heavy atom. The molecule has 1 aliphatic heterocycles. The largest absolute Gasteiger partial charge is 0.302 e. The van der Waals surface area contributed by atoms with Gasteiger partial charge >= 0.3 is 0 Å². The Balaban J connectivity index is 1.29. The fourth-order valence-electron chi connectivity index (χ4n) is 3.84. The lowest BCUT2D eigenvalue weighted by Crippen LogP contribution is -2.38. The van der Waals surface area contributed by atoms with Crippen LogP contribution in [0.15, 0.2) is 58.9 Å². The summed E-state index contributed by atoms with van der Waals surface area (Å²) in [4.78, 5) is 39.6. The average molecular weight is 406 g/mol. The second kappa shape index (κ2) is 9.13. The van der Waals surface area contributed by atoms with Gasteiger partial charge in [0.1, 0.15) is 0 Å². The smallest absolute Gasteiger partial charge is 0.253 e. The third kappa shape index (κ3) is 4.88. The van der Waals surface area contributed by atoms with Gasteiger partial charge in [-0.2, -0.15) is 0 Å². The number of rotatable bonds is 6. The third-order valence-corrected chi connectivity index (χ3v) is 5.67. The third-order valence-electron chi connectivity index (χ3n) is 5.67. The molecular weight excluding hydrogens is 380 g/mol. The minimum atomic E-state index is -0.0301. The van der Waals surface area contributed by atoms with Gasteiger partial charge in [0, 0.05) is 55.4 Å². The highest BCUT2D eigenvalue weighted by molar-refractivity contribution is 5.56. The number of aryl methyl sites for hydroxylation is 1. The van der Waals surface area contributed by atoms with E-state index < -0.39 is 0 Å². The van der Waals surface area contributed by atoms with Crippen LogP contribution in [0.5, 0.6) is 0 Å². The van der Waals surface area contributed by atoms with Crippen molar-refractivity contribution in [2.75, 3.05) is 19.6 Å². The van der Waals surface area contributed by atoms with Gasteiger partial charge in [-0.3, -0.25) is 23.7 Å². The monoisotopic (exact) mass is 406 g/mol. The molecule has 0 saturated carbocycles. The Hall–Kier alpha value is -3.13. The number of hydrogen-bond donors (Lipinski definition) is 0. The van der Waals surface area contributed by atoms with Crippen LogP contribution in [-0.4, -0.2) is 48.6 Å². The molecule has 0 aromatic carbocycles. The Bertz CT molecular complexity index is 1100. The molecule has 4 rings (SSSR count). The van der Waals surface area contributed by atoms with Gasteiger partial charge in [-0.1, -0.05) is 0 Å². The molecule has 4 heterocycles. The van der Waals surface area contributed by atoms with Crippen LogP contribution >= 0.6 is 0 Å². The van der Waals surface area contributed by atoms with Crippen molar-refractivity contribution in [1.82, 2.24) is 29.0 Å². The highest BCUT2D eigenvalue weighted by Gasteiger charge is 2.20. The van der Waals surface area contributed by atoms with E-state index in [0.717, 1.165) is 43.7 Å². The van der Waals surface area contributed by atoms with Crippen LogP contribution in [0.2, 0.25) is 0 Å². The standard InChI is InChI=1S/C22H26N6O2/c1-17-11-21(29)27(15-24-17)10-9-26-7-4-18(5-8-26)14-28-16-25-20(12-22(28)30)19-3-2-6-23-13-19/h2-3,6,11-13,15-16,18H,4-5,7-10,14H2,1H3. The van der Waals surface area contributed by atoms with Gasteiger partial charge in [-0.25, -0.2) is 9.97 Å². The number of pyridine rings is 1. The summed E-state index contributed by atoms with van der Waals surface area (Å²) < 4.78 is 3.37. The lowest BCUT2D eigenvalue weighted by atomic mass is 9.96. The maximum Gasteiger partial charge on any atom is 0.253 e. The van der Waals surface area contributed by atoms with Crippen LogP contribution in [0.4, 0.5) is 0 Å². The number of hydrogen-bond acceptors (Lipinski definition) is 6. The van der Waals surface area contributed by atoms with Crippen LogP contribution in [0, 0.1) is 12.8 Å². The van der Waals surface area contributed by atoms with Crippen LogP contribution in [0.25, 0.3) is 11.3 Å². The van der Waals surface area contributed by atoms with Gasteiger partial charge in [0.2, 0.25) is 0 Å². The second-order valence-electron chi connectivity index (χ2n) is 7.85. The molecule has 1 fully saturated rings. The zero-order valence-corrected chi connectivity index (χ0v) is 17.1. The molecule has 0 N–H and O–H groups in total. The summed E-state index contributed by atoms with van der Waals surface area (Å²) in [6.07, 6.45) is 8.73. The maximum atomic E-state index is 12.5.